The monoisotopic (exact) mass is 424 g/mol. The molecule has 2 heterocycles. The Bertz CT molecular complexity index is 1160. The van der Waals surface area contributed by atoms with Crippen molar-refractivity contribution in [1.82, 2.24) is 9.55 Å². The van der Waals surface area contributed by atoms with Gasteiger partial charge in [-0.25, -0.2) is 4.98 Å². The molecule has 130 valence electrons. The molecule has 0 saturated heterocycles. The molecule has 2 aromatic carbocycles. The number of thiophene rings is 1. The van der Waals surface area contributed by atoms with Gasteiger partial charge in [0.25, 0.3) is 5.56 Å². The van der Waals surface area contributed by atoms with Gasteiger partial charge in [-0.05, 0) is 37.1 Å². The van der Waals surface area contributed by atoms with Gasteiger partial charge in [0.2, 0.25) is 0 Å². The van der Waals surface area contributed by atoms with Crippen LogP contribution in [0.3, 0.4) is 0 Å². The van der Waals surface area contributed by atoms with Crippen LogP contribution in [0.5, 0.6) is 0 Å². The molecule has 0 aliphatic rings. The number of hydrogen-bond donors (Lipinski definition) is 0. The van der Waals surface area contributed by atoms with E-state index in [1.165, 1.54) is 5.56 Å². The van der Waals surface area contributed by atoms with Crippen LogP contribution in [0.15, 0.2) is 64.1 Å². The lowest BCUT2D eigenvalue weighted by molar-refractivity contribution is 0.749. The minimum absolute atomic E-state index is 0.00917. The second kappa shape index (κ2) is 6.82. The number of benzene rings is 2. The maximum Gasteiger partial charge on any atom is 0.263 e. The summed E-state index contributed by atoms with van der Waals surface area (Å²) in [6.45, 7) is 4.62. The molecule has 0 bridgehead atoms. The number of aromatic nitrogens is 2. The lowest BCUT2D eigenvalue weighted by Gasteiger charge is -2.07. The van der Waals surface area contributed by atoms with Crippen LogP contribution in [0.1, 0.15) is 16.0 Å². The second-order valence-electron chi connectivity index (χ2n) is 6.39. The highest BCUT2D eigenvalue weighted by atomic mass is 79.9. The van der Waals surface area contributed by atoms with E-state index >= 15 is 0 Å². The van der Waals surface area contributed by atoms with E-state index in [9.17, 15) is 4.79 Å². The van der Waals surface area contributed by atoms with Crippen LogP contribution in [0.4, 0.5) is 0 Å². The zero-order valence-electron chi connectivity index (χ0n) is 14.5. The van der Waals surface area contributed by atoms with Crippen molar-refractivity contribution in [2.24, 2.45) is 0 Å². The molecule has 0 aliphatic carbocycles. The molecule has 0 fully saturated rings. The minimum atomic E-state index is 0.00917. The van der Waals surface area contributed by atoms with Crippen molar-refractivity contribution in [2.45, 2.75) is 20.4 Å². The van der Waals surface area contributed by atoms with Gasteiger partial charge in [0, 0.05) is 14.9 Å². The molecule has 0 spiro atoms. The van der Waals surface area contributed by atoms with Gasteiger partial charge in [0.1, 0.15) is 4.83 Å². The third-order valence-electron chi connectivity index (χ3n) is 4.44. The largest absolute Gasteiger partial charge is 0.294 e. The standard InChI is InChI=1S/C21H17BrN2OS/c1-13-6-8-16(9-7-13)18-14(2)26-20-19(18)21(25)24(12-23-20)11-15-4-3-5-17(22)10-15/h3-10,12H,11H2,1-2H3. The van der Waals surface area contributed by atoms with E-state index < -0.39 is 0 Å². The van der Waals surface area contributed by atoms with Crippen LogP contribution in [0.2, 0.25) is 0 Å². The van der Waals surface area contributed by atoms with Gasteiger partial charge in [0.15, 0.2) is 0 Å². The highest BCUT2D eigenvalue weighted by molar-refractivity contribution is 9.10. The van der Waals surface area contributed by atoms with Gasteiger partial charge >= 0.3 is 0 Å². The van der Waals surface area contributed by atoms with Crippen LogP contribution < -0.4 is 5.56 Å². The van der Waals surface area contributed by atoms with Crippen LogP contribution in [0.25, 0.3) is 21.3 Å². The first kappa shape index (κ1) is 17.2. The Kier molecular flexibility index (Phi) is 4.51. The number of hydrogen-bond acceptors (Lipinski definition) is 3. The van der Waals surface area contributed by atoms with Crippen LogP contribution in [0, 0.1) is 13.8 Å². The highest BCUT2D eigenvalue weighted by Crippen LogP contribution is 2.35. The van der Waals surface area contributed by atoms with Gasteiger partial charge in [0.05, 0.1) is 18.3 Å². The van der Waals surface area contributed by atoms with Gasteiger partial charge in [-0.1, -0.05) is 57.9 Å². The summed E-state index contributed by atoms with van der Waals surface area (Å²) < 4.78 is 2.69. The van der Waals surface area contributed by atoms with E-state index in [0.717, 1.165) is 30.9 Å². The second-order valence-corrected chi connectivity index (χ2v) is 8.51. The third-order valence-corrected chi connectivity index (χ3v) is 5.94. The van der Waals surface area contributed by atoms with Crippen molar-refractivity contribution >= 4 is 37.5 Å². The molecule has 4 rings (SSSR count). The quantitative estimate of drug-likeness (QED) is 0.431. The van der Waals surface area contributed by atoms with Crippen LogP contribution >= 0.6 is 27.3 Å². The van der Waals surface area contributed by atoms with Crippen LogP contribution in [-0.2, 0) is 6.54 Å². The number of halogens is 1. The van der Waals surface area contributed by atoms with E-state index in [4.69, 9.17) is 0 Å². The highest BCUT2D eigenvalue weighted by Gasteiger charge is 2.17. The van der Waals surface area contributed by atoms with E-state index in [2.05, 4.69) is 59.0 Å². The van der Waals surface area contributed by atoms with Crippen molar-refractivity contribution in [3.05, 3.63) is 85.7 Å². The Morgan fingerprint density at radius 1 is 1.12 bits per heavy atom. The van der Waals surface area contributed by atoms with E-state index in [1.54, 1.807) is 22.2 Å². The molecular weight excluding hydrogens is 408 g/mol. The van der Waals surface area contributed by atoms with Gasteiger partial charge in [-0.2, -0.15) is 0 Å². The molecule has 0 saturated carbocycles. The maximum atomic E-state index is 13.2. The Balaban J connectivity index is 1.88. The summed E-state index contributed by atoms with van der Waals surface area (Å²) in [5.74, 6) is 0. The predicted octanol–water partition coefficient (Wildman–Crippen LogP) is 5.55. The smallest absolute Gasteiger partial charge is 0.263 e. The molecular formula is C21H17BrN2OS. The lowest BCUT2D eigenvalue weighted by atomic mass is 10.0. The lowest BCUT2D eigenvalue weighted by Crippen LogP contribution is -2.21. The Morgan fingerprint density at radius 2 is 1.88 bits per heavy atom. The van der Waals surface area contributed by atoms with Gasteiger partial charge in [-0.15, -0.1) is 11.3 Å². The van der Waals surface area contributed by atoms with Gasteiger partial charge < -0.3 is 0 Å². The van der Waals surface area contributed by atoms with Crippen LogP contribution in [-0.4, -0.2) is 9.55 Å². The Hall–Kier alpha value is -2.24. The molecule has 0 N–H and O–H groups in total. The molecule has 0 unspecified atom stereocenters. The summed E-state index contributed by atoms with van der Waals surface area (Å²) in [7, 11) is 0. The van der Waals surface area contributed by atoms with Crippen molar-refractivity contribution in [2.75, 3.05) is 0 Å². The molecule has 2 aromatic heterocycles. The predicted molar refractivity (Wildman–Crippen MR) is 112 cm³/mol. The summed E-state index contributed by atoms with van der Waals surface area (Å²) >= 11 is 5.06. The third kappa shape index (κ3) is 3.13. The first-order valence-corrected chi connectivity index (χ1v) is 9.94. The van der Waals surface area contributed by atoms with E-state index in [-0.39, 0.29) is 5.56 Å². The molecule has 26 heavy (non-hydrogen) atoms. The summed E-state index contributed by atoms with van der Waals surface area (Å²) in [6.07, 6.45) is 1.65. The fourth-order valence-electron chi connectivity index (χ4n) is 3.15. The zero-order valence-corrected chi connectivity index (χ0v) is 16.9. The van der Waals surface area contributed by atoms with Gasteiger partial charge in [-0.3, -0.25) is 9.36 Å². The summed E-state index contributed by atoms with van der Waals surface area (Å²) in [5.41, 5.74) is 4.35. The molecule has 0 aliphatic heterocycles. The van der Waals surface area contributed by atoms with Crippen molar-refractivity contribution in [3.63, 3.8) is 0 Å². The molecule has 0 radical (unpaired) electrons. The normalized spacial score (nSPS) is 11.2. The first-order chi connectivity index (χ1) is 12.5. The van der Waals surface area contributed by atoms with Crippen molar-refractivity contribution in [3.8, 4) is 11.1 Å². The minimum Gasteiger partial charge on any atom is -0.294 e. The average Bonchev–Trinajstić information content (AvgIpc) is 2.95. The Morgan fingerprint density at radius 3 is 2.62 bits per heavy atom. The van der Waals surface area contributed by atoms with Crippen molar-refractivity contribution < 1.29 is 0 Å². The molecule has 5 heteroatoms. The summed E-state index contributed by atoms with van der Waals surface area (Å²) in [5, 5.41) is 0.717. The zero-order chi connectivity index (χ0) is 18.3. The summed E-state index contributed by atoms with van der Waals surface area (Å²) in [6, 6.07) is 16.3. The number of fused-ring (bicyclic) bond motifs is 1. The van der Waals surface area contributed by atoms with Crippen molar-refractivity contribution in [1.29, 1.82) is 0 Å². The first-order valence-electron chi connectivity index (χ1n) is 8.33. The maximum absolute atomic E-state index is 13.2. The topological polar surface area (TPSA) is 34.9 Å². The van der Waals surface area contributed by atoms with E-state index in [1.807, 2.05) is 24.3 Å². The SMILES string of the molecule is Cc1ccc(-c2c(C)sc3ncn(Cc4cccc(Br)c4)c(=O)c23)cc1. The summed E-state index contributed by atoms with van der Waals surface area (Å²) in [4.78, 5) is 19.7. The average molecular weight is 425 g/mol. The number of nitrogens with zero attached hydrogens (tertiary/aromatic N) is 2. The molecule has 4 aromatic rings. The van der Waals surface area contributed by atoms with E-state index in [0.29, 0.717) is 11.9 Å². The molecule has 0 amide bonds. The fourth-order valence-corrected chi connectivity index (χ4v) is 4.60. The number of aryl methyl sites for hydroxylation is 2. The Labute approximate surface area is 164 Å². The number of rotatable bonds is 3. The fraction of sp³-hybridized carbons (Fsp3) is 0.143. The molecule has 3 nitrogen and oxygen atoms in total. The molecule has 0 atom stereocenters.